The van der Waals surface area contributed by atoms with Crippen molar-refractivity contribution in [2.24, 2.45) is 0 Å². The highest BCUT2D eigenvalue weighted by atomic mass is 16.6. The lowest BCUT2D eigenvalue weighted by Gasteiger charge is -2.16. The van der Waals surface area contributed by atoms with Gasteiger partial charge in [-0.25, -0.2) is 4.79 Å². The molecule has 6 heteroatoms. The molecule has 2 aromatic carbocycles. The zero-order valence-corrected chi connectivity index (χ0v) is 16.0. The molecular formula is C21H25NO5. The van der Waals surface area contributed by atoms with Crippen LogP contribution in [0, 0.1) is 0 Å². The Morgan fingerprint density at radius 1 is 1.00 bits per heavy atom. The van der Waals surface area contributed by atoms with Gasteiger partial charge >= 0.3 is 5.97 Å². The molecule has 0 aromatic heterocycles. The first-order chi connectivity index (χ1) is 12.9. The standard InChI is InChI=1S/C21H25NO5/c1-5-25-19-9-7-6-8-18(19)22-20(23)16-10-12-17(13-11-16)27-15(4)21(24)26-14(2)3/h6-15H,5H2,1-4H3,(H,22,23)/t15-/m0/s1. The van der Waals surface area contributed by atoms with Crippen molar-refractivity contribution in [3.05, 3.63) is 54.1 Å². The first-order valence-electron chi connectivity index (χ1n) is 8.91. The summed E-state index contributed by atoms with van der Waals surface area (Å²) >= 11 is 0. The minimum Gasteiger partial charge on any atom is -0.492 e. The molecule has 0 saturated carbocycles. The summed E-state index contributed by atoms with van der Waals surface area (Å²) in [5.41, 5.74) is 1.07. The summed E-state index contributed by atoms with van der Waals surface area (Å²) in [4.78, 5) is 24.3. The molecule has 6 nitrogen and oxygen atoms in total. The number of ether oxygens (including phenoxy) is 3. The lowest BCUT2D eigenvalue weighted by Crippen LogP contribution is -2.28. The average molecular weight is 371 g/mol. The Bertz CT molecular complexity index is 770. The molecule has 0 unspecified atom stereocenters. The normalized spacial score (nSPS) is 11.6. The van der Waals surface area contributed by atoms with Gasteiger partial charge in [0.1, 0.15) is 11.5 Å². The zero-order valence-electron chi connectivity index (χ0n) is 16.0. The van der Waals surface area contributed by atoms with Crippen LogP contribution in [-0.2, 0) is 9.53 Å². The summed E-state index contributed by atoms with van der Waals surface area (Å²) in [6.07, 6.45) is -0.931. The van der Waals surface area contributed by atoms with E-state index in [1.54, 1.807) is 57.2 Å². The molecule has 0 aliphatic carbocycles. The summed E-state index contributed by atoms with van der Waals surface area (Å²) in [5.74, 6) is 0.403. The van der Waals surface area contributed by atoms with Crippen molar-refractivity contribution < 1.29 is 23.8 Å². The number of hydrogen-bond donors (Lipinski definition) is 1. The number of para-hydroxylation sites is 2. The molecule has 1 atom stereocenters. The fourth-order valence-electron chi connectivity index (χ4n) is 2.31. The van der Waals surface area contributed by atoms with Crippen LogP contribution in [0.25, 0.3) is 0 Å². The van der Waals surface area contributed by atoms with Crippen molar-refractivity contribution in [1.82, 2.24) is 0 Å². The Morgan fingerprint density at radius 2 is 1.67 bits per heavy atom. The molecule has 0 saturated heterocycles. The summed E-state index contributed by atoms with van der Waals surface area (Å²) in [6.45, 7) is 7.57. The van der Waals surface area contributed by atoms with E-state index in [9.17, 15) is 9.59 Å². The molecule has 0 bridgehead atoms. The molecule has 0 spiro atoms. The maximum absolute atomic E-state index is 12.5. The van der Waals surface area contributed by atoms with Crippen molar-refractivity contribution in [2.45, 2.75) is 39.9 Å². The molecule has 2 rings (SSSR count). The summed E-state index contributed by atoms with van der Waals surface area (Å²) in [6, 6.07) is 13.8. The topological polar surface area (TPSA) is 73.9 Å². The Morgan fingerprint density at radius 3 is 2.30 bits per heavy atom. The third kappa shape index (κ3) is 6.02. The van der Waals surface area contributed by atoms with Gasteiger partial charge in [-0.1, -0.05) is 12.1 Å². The van der Waals surface area contributed by atoms with E-state index >= 15 is 0 Å². The van der Waals surface area contributed by atoms with Crippen molar-refractivity contribution >= 4 is 17.6 Å². The second kappa shape index (κ2) is 9.62. The SMILES string of the molecule is CCOc1ccccc1NC(=O)c1ccc(O[C@@H](C)C(=O)OC(C)C)cc1. The predicted molar refractivity (Wildman–Crippen MR) is 103 cm³/mol. The van der Waals surface area contributed by atoms with Crippen LogP contribution in [0.15, 0.2) is 48.5 Å². The van der Waals surface area contributed by atoms with E-state index in [1.165, 1.54) is 0 Å². The molecule has 0 fully saturated rings. The van der Waals surface area contributed by atoms with Gasteiger partial charge in [0.25, 0.3) is 5.91 Å². The first kappa shape index (κ1) is 20.3. The molecule has 0 radical (unpaired) electrons. The molecule has 0 aliphatic heterocycles. The fraction of sp³-hybridized carbons (Fsp3) is 0.333. The number of carbonyl (C=O) groups is 2. The summed E-state index contributed by atoms with van der Waals surface area (Å²) < 4.78 is 16.2. The fourth-order valence-corrected chi connectivity index (χ4v) is 2.31. The number of esters is 1. The Hall–Kier alpha value is -3.02. The number of hydrogen-bond acceptors (Lipinski definition) is 5. The lowest BCUT2D eigenvalue weighted by molar-refractivity contribution is -0.154. The molecule has 27 heavy (non-hydrogen) atoms. The number of amides is 1. The van der Waals surface area contributed by atoms with E-state index in [1.807, 2.05) is 19.1 Å². The van der Waals surface area contributed by atoms with Crippen LogP contribution in [0.1, 0.15) is 38.1 Å². The van der Waals surface area contributed by atoms with Crippen molar-refractivity contribution in [1.29, 1.82) is 0 Å². The van der Waals surface area contributed by atoms with Crippen LogP contribution in [0.5, 0.6) is 11.5 Å². The zero-order chi connectivity index (χ0) is 19.8. The number of anilines is 1. The van der Waals surface area contributed by atoms with Crippen LogP contribution in [0.4, 0.5) is 5.69 Å². The van der Waals surface area contributed by atoms with Crippen LogP contribution in [0.3, 0.4) is 0 Å². The quantitative estimate of drug-likeness (QED) is 0.709. The Kier molecular flexibility index (Phi) is 7.23. The van der Waals surface area contributed by atoms with Gasteiger partial charge in [-0.2, -0.15) is 0 Å². The van der Waals surface area contributed by atoms with Crippen LogP contribution < -0.4 is 14.8 Å². The molecule has 144 valence electrons. The van der Waals surface area contributed by atoms with Crippen LogP contribution >= 0.6 is 0 Å². The molecule has 1 amide bonds. The Balaban J connectivity index is 2.00. The van der Waals surface area contributed by atoms with Gasteiger partial charge < -0.3 is 19.5 Å². The number of benzene rings is 2. The second-order valence-corrected chi connectivity index (χ2v) is 6.15. The van der Waals surface area contributed by atoms with Gasteiger partial charge in [-0.05, 0) is 64.1 Å². The van der Waals surface area contributed by atoms with E-state index in [-0.39, 0.29) is 12.0 Å². The van der Waals surface area contributed by atoms with Crippen molar-refractivity contribution in [2.75, 3.05) is 11.9 Å². The Labute approximate surface area is 159 Å². The average Bonchev–Trinajstić information content (AvgIpc) is 2.63. The number of rotatable bonds is 8. The largest absolute Gasteiger partial charge is 0.492 e. The van der Waals surface area contributed by atoms with Crippen molar-refractivity contribution in [3.63, 3.8) is 0 Å². The monoisotopic (exact) mass is 371 g/mol. The molecule has 0 aliphatic rings. The van der Waals surface area contributed by atoms with Crippen LogP contribution in [0.2, 0.25) is 0 Å². The highest BCUT2D eigenvalue weighted by Gasteiger charge is 2.18. The van der Waals surface area contributed by atoms with Gasteiger partial charge in [0.15, 0.2) is 6.10 Å². The van der Waals surface area contributed by atoms with Gasteiger partial charge in [-0.3, -0.25) is 4.79 Å². The highest BCUT2D eigenvalue weighted by molar-refractivity contribution is 6.05. The minimum absolute atomic E-state index is 0.200. The maximum Gasteiger partial charge on any atom is 0.347 e. The maximum atomic E-state index is 12.5. The second-order valence-electron chi connectivity index (χ2n) is 6.15. The summed E-state index contributed by atoms with van der Waals surface area (Å²) in [7, 11) is 0. The smallest absolute Gasteiger partial charge is 0.347 e. The molecular weight excluding hydrogens is 346 g/mol. The third-order valence-electron chi connectivity index (χ3n) is 3.55. The van der Waals surface area contributed by atoms with Gasteiger partial charge in [0, 0.05) is 5.56 Å². The van der Waals surface area contributed by atoms with Gasteiger partial charge in [-0.15, -0.1) is 0 Å². The summed E-state index contributed by atoms with van der Waals surface area (Å²) in [5, 5.41) is 2.83. The third-order valence-corrected chi connectivity index (χ3v) is 3.55. The minimum atomic E-state index is -0.731. The lowest BCUT2D eigenvalue weighted by atomic mass is 10.2. The molecule has 2 aromatic rings. The number of nitrogens with one attached hydrogen (secondary N) is 1. The van der Waals surface area contributed by atoms with E-state index in [4.69, 9.17) is 14.2 Å². The molecule has 1 N–H and O–H groups in total. The van der Waals surface area contributed by atoms with Gasteiger partial charge in [0.05, 0.1) is 18.4 Å². The number of carbonyl (C=O) groups excluding carboxylic acids is 2. The van der Waals surface area contributed by atoms with E-state index in [0.717, 1.165) is 0 Å². The van der Waals surface area contributed by atoms with E-state index in [2.05, 4.69) is 5.32 Å². The van der Waals surface area contributed by atoms with E-state index < -0.39 is 12.1 Å². The van der Waals surface area contributed by atoms with Gasteiger partial charge in [0.2, 0.25) is 0 Å². The highest BCUT2D eigenvalue weighted by Crippen LogP contribution is 2.24. The molecule has 0 heterocycles. The first-order valence-corrected chi connectivity index (χ1v) is 8.91. The van der Waals surface area contributed by atoms with E-state index in [0.29, 0.717) is 29.4 Å². The predicted octanol–water partition coefficient (Wildman–Crippen LogP) is 4.06. The van der Waals surface area contributed by atoms with Crippen molar-refractivity contribution in [3.8, 4) is 11.5 Å². The van der Waals surface area contributed by atoms with Crippen LogP contribution in [-0.4, -0.2) is 30.7 Å².